The second kappa shape index (κ2) is 19.7. The van der Waals surface area contributed by atoms with Crippen molar-refractivity contribution in [2.24, 2.45) is 20.5 Å². The van der Waals surface area contributed by atoms with Crippen LogP contribution in [0.4, 0.5) is 52.0 Å². The fourth-order valence-electron chi connectivity index (χ4n) is 3.44. The SMILES string of the molecule is CC(=O)O.CC(=O)O.OCCNc1nc(Nc2ccc(N=Nc3ccccc3)cc2)nc(Nc2ccc(N=Nc3ccccc3)cc2)n1. The third-order valence-corrected chi connectivity index (χ3v) is 5.35. The number of hydrogen-bond acceptors (Lipinski definition) is 13. The zero-order chi connectivity index (χ0) is 34.6. The van der Waals surface area contributed by atoms with Crippen molar-refractivity contribution in [2.75, 3.05) is 29.1 Å². The van der Waals surface area contributed by atoms with Gasteiger partial charge in [0.1, 0.15) is 0 Å². The molecule has 0 radical (unpaired) electrons. The maximum absolute atomic E-state index is 9.22. The van der Waals surface area contributed by atoms with Crippen LogP contribution < -0.4 is 16.0 Å². The molecule has 6 N–H and O–H groups in total. The number of hydrogen-bond donors (Lipinski definition) is 6. The van der Waals surface area contributed by atoms with Gasteiger partial charge in [0.15, 0.2) is 0 Å². The van der Waals surface area contributed by atoms with Crippen molar-refractivity contribution in [1.29, 1.82) is 0 Å². The molecule has 0 unspecified atom stereocenters. The first kappa shape index (κ1) is 35.9. The van der Waals surface area contributed by atoms with E-state index in [9.17, 15) is 5.11 Å². The van der Waals surface area contributed by atoms with E-state index in [1.54, 1.807) is 0 Å². The number of anilines is 5. The number of aliphatic hydroxyl groups is 1. The summed E-state index contributed by atoms with van der Waals surface area (Å²) in [5.41, 5.74) is 4.51. The first-order valence-electron chi connectivity index (χ1n) is 14.4. The lowest BCUT2D eigenvalue weighted by Gasteiger charge is -2.11. The minimum atomic E-state index is -0.833. The Kier molecular flexibility index (Phi) is 14.7. The van der Waals surface area contributed by atoms with Crippen molar-refractivity contribution in [2.45, 2.75) is 13.8 Å². The Bertz CT molecular complexity index is 1640. The first-order chi connectivity index (χ1) is 23.2. The molecule has 0 spiro atoms. The lowest BCUT2D eigenvalue weighted by molar-refractivity contribution is -0.135. The molecule has 15 heteroatoms. The highest BCUT2D eigenvalue weighted by Crippen LogP contribution is 2.24. The average Bonchev–Trinajstić information content (AvgIpc) is 3.07. The predicted molar refractivity (Wildman–Crippen MR) is 183 cm³/mol. The van der Waals surface area contributed by atoms with Crippen LogP contribution in [0.3, 0.4) is 0 Å². The number of nitrogens with one attached hydrogen (secondary N) is 3. The van der Waals surface area contributed by atoms with Crippen LogP contribution in [0.25, 0.3) is 0 Å². The van der Waals surface area contributed by atoms with Crippen LogP contribution >= 0.6 is 0 Å². The molecular weight excluding hydrogens is 616 g/mol. The number of carbonyl (C=O) groups is 2. The van der Waals surface area contributed by atoms with Gasteiger partial charge in [-0.05, 0) is 72.8 Å². The van der Waals surface area contributed by atoms with E-state index in [2.05, 4.69) is 51.4 Å². The standard InChI is InChI=1S/C29H26N10O.2C2H4O2/c40-20-19-30-27-33-28(31-21-11-15-25(16-12-21)38-36-23-7-3-1-4-8-23)35-29(34-27)32-22-13-17-26(18-14-22)39-37-24-9-5-2-6-10-24;2*1-2(3)4/h1-18,40H,19-20H2,(H3,30,31,32,33,34,35);2*1H3,(H,3,4). The highest BCUT2D eigenvalue weighted by atomic mass is 16.4. The summed E-state index contributed by atoms with van der Waals surface area (Å²) >= 11 is 0. The van der Waals surface area contributed by atoms with Crippen molar-refractivity contribution < 1.29 is 24.9 Å². The van der Waals surface area contributed by atoms with Gasteiger partial charge in [-0.2, -0.15) is 35.4 Å². The summed E-state index contributed by atoms with van der Waals surface area (Å²) < 4.78 is 0. The number of aliphatic carboxylic acids is 2. The Morgan fingerprint density at radius 1 is 0.542 bits per heavy atom. The van der Waals surface area contributed by atoms with Crippen LogP contribution in [0.2, 0.25) is 0 Å². The van der Waals surface area contributed by atoms with Crippen LogP contribution in [0, 0.1) is 0 Å². The molecule has 5 aromatic rings. The number of carboxylic acid groups (broad SMARTS) is 2. The molecule has 0 saturated heterocycles. The van der Waals surface area contributed by atoms with Gasteiger partial charge in [-0.25, -0.2) is 0 Å². The molecule has 0 fully saturated rings. The summed E-state index contributed by atoms with van der Waals surface area (Å²) in [5.74, 6) is -0.703. The van der Waals surface area contributed by atoms with E-state index in [1.807, 2.05) is 109 Å². The Morgan fingerprint density at radius 2 is 0.854 bits per heavy atom. The summed E-state index contributed by atoms with van der Waals surface area (Å²) in [6, 6.07) is 33.9. The van der Waals surface area contributed by atoms with E-state index in [4.69, 9.17) is 19.8 Å². The van der Waals surface area contributed by atoms with Gasteiger partial charge in [-0.1, -0.05) is 36.4 Å². The molecule has 0 aliphatic rings. The van der Waals surface area contributed by atoms with Crippen molar-refractivity contribution in [3.8, 4) is 0 Å². The summed E-state index contributed by atoms with van der Waals surface area (Å²) in [6.07, 6.45) is 0. The third-order valence-electron chi connectivity index (χ3n) is 5.35. The smallest absolute Gasteiger partial charge is 0.300 e. The molecule has 48 heavy (non-hydrogen) atoms. The van der Waals surface area contributed by atoms with Gasteiger partial charge >= 0.3 is 0 Å². The zero-order valence-corrected chi connectivity index (χ0v) is 26.1. The molecule has 0 bridgehead atoms. The maximum Gasteiger partial charge on any atom is 0.300 e. The predicted octanol–water partition coefficient (Wildman–Crippen LogP) is 7.78. The molecule has 0 aliphatic carbocycles. The van der Waals surface area contributed by atoms with E-state index in [-0.39, 0.29) is 6.61 Å². The van der Waals surface area contributed by atoms with Crippen molar-refractivity contribution in [3.63, 3.8) is 0 Å². The van der Waals surface area contributed by atoms with E-state index in [0.717, 1.165) is 36.6 Å². The van der Waals surface area contributed by atoms with Crippen LogP contribution in [0.1, 0.15) is 13.8 Å². The minimum absolute atomic E-state index is 0.0603. The van der Waals surface area contributed by atoms with Crippen LogP contribution in [0.5, 0.6) is 0 Å². The van der Waals surface area contributed by atoms with Crippen LogP contribution in [-0.2, 0) is 9.59 Å². The Hall–Kier alpha value is -6.61. The molecular formula is C33H34N10O5. The number of benzene rings is 4. The van der Waals surface area contributed by atoms with Gasteiger partial charge in [-0.3, -0.25) is 9.59 Å². The number of azo groups is 2. The summed E-state index contributed by atoms with van der Waals surface area (Å²) in [4.78, 5) is 31.3. The molecule has 1 heterocycles. The molecule has 1 aromatic heterocycles. The Labute approximate surface area is 276 Å². The maximum atomic E-state index is 9.22. The topological polar surface area (TPSA) is 219 Å². The minimum Gasteiger partial charge on any atom is -0.481 e. The lowest BCUT2D eigenvalue weighted by Crippen LogP contribution is -2.12. The monoisotopic (exact) mass is 650 g/mol. The average molecular weight is 651 g/mol. The fraction of sp³-hybridized carbons (Fsp3) is 0.121. The normalized spacial score (nSPS) is 10.3. The second-order valence-corrected chi connectivity index (χ2v) is 9.41. The molecule has 246 valence electrons. The lowest BCUT2D eigenvalue weighted by atomic mass is 10.3. The number of carboxylic acids is 2. The molecule has 15 nitrogen and oxygen atoms in total. The molecule has 0 amide bonds. The van der Waals surface area contributed by atoms with Gasteiger partial charge < -0.3 is 31.3 Å². The fourth-order valence-corrected chi connectivity index (χ4v) is 3.44. The third kappa shape index (κ3) is 14.4. The largest absolute Gasteiger partial charge is 0.481 e. The molecule has 0 saturated carbocycles. The van der Waals surface area contributed by atoms with Crippen LogP contribution in [-0.4, -0.2) is 55.4 Å². The number of rotatable bonds is 11. The van der Waals surface area contributed by atoms with Crippen molar-refractivity contribution in [1.82, 2.24) is 15.0 Å². The van der Waals surface area contributed by atoms with Gasteiger partial charge in [0.05, 0.1) is 29.4 Å². The van der Waals surface area contributed by atoms with E-state index in [1.165, 1.54) is 0 Å². The number of nitrogens with zero attached hydrogens (tertiary/aromatic N) is 7. The summed E-state index contributed by atoms with van der Waals surface area (Å²) in [6.45, 7) is 2.40. The van der Waals surface area contributed by atoms with Gasteiger partial charge in [0.25, 0.3) is 11.9 Å². The summed E-state index contributed by atoms with van der Waals surface area (Å²) in [7, 11) is 0. The highest BCUT2D eigenvalue weighted by molar-refractivity contribution is 5.63. The van der Waals surface area contributed by atoms with Gasteiger partial charge in [0, 0.05) is 31.8 Å². The van der Waals surface area contributed by atoms with E-state index < -0.39 is 11.9 Å². The zero-order valence-electron chi connectivity index (χ0n) is 26.1. The summed E-state index contributed by atoms with van der Waals surface area (Å²) in [5, 5.41) is 50.4. The Balaban J connectivity index is 0.000000705. The molecule has 0 aliphatic heterocycles. The van der Waals surface area contributed by atoms with Gasteiger partial charge in [-0.15, -0.1) is 0 Å². The van der Waals surface area contributed by atoms with Crippen LogP contribution in [0.15, 0.2) is 130 Å². The molecule has 4 aromatic carbocycles. The van der Waals surface area contributed by atoms with E-state index >= 15 is 0 Å². The van der Waals surface area contributed by atoms with E-state index in [0.29, 0.717) is 35.8 Å². The number of aromatic nitrogens is 3. The van der Waals surface area contributed by atoms with Crippen molar-refractivity contribution >= 4 is 63.9 Å². The van der Waals surface area contributed by atoms with Crippen molar-refractivity contribution in [3.05, 3.63) is 109 Å². The first-order valence-corrected chi connectivity index (χ1v) is 14.4. The Morgan fingerprint density at radius 3 is 1.19 bits per heavy atom. The quantitative estimate of drug-likeness (QED) is 0.0758. The van der Waals surface area contributed by atoms with Gasteiger partial charge in [0.2, 0.25) is 17.8 Å². The highest BCUT2D eigenvalue weighted by Gasteiger charge is 2.08. The molecule has 0 atom stereocenters. The number of aliphatic hydroxyl groups excluding tert-OH is 1. The molecule has 5 rings (SSSR count). The second-order valence-electron chi connectivity index (χ2n) is 9.41.